The van der Waals surface area contributed by atoms with E-state index in [9.17, 15) is 9.59 Å². The van der Waals surface area contributed by atoms with Gasteiger partial charge >= 0.3 is 0 Å². The number of rotatable bonds is 10. The third-order valence-electron chi connectivity index (χ3n) is 6.80. The molecule has 0 aromatic heterocycles. The predicted octanol–water partition coefficient (Wildman–Crippen LogP) is 6.23. The van der Waals surface area contributed by atoms with Crippen LogP contribution in [0.4, 0.5) is 0 Å². The van der Waals surface area contributed by atoms with Gasteiger partial charge in [0.1, 0.15) is 11.5 Å². The number of nitrogens with zero attached hydrogens (tertiary/aromatic N) is 3. The van der Waals surface area contributed by atoms with Gasteiger partial charge in [-0.2, -0.15) is 0 Å². The summed E-state index contributed by atoms with van der Waals surface area (Å²) in [5.74, 6) is 1.32. The van der Waals surface area contributed by atoms with E-state index in [4.69, 9.17) is 9.73 Å². The molecule has 2 aliphatic heterocycles. The van der Waals surface area contributed by atoms with E-state index in [1.54, 1.807) is 0 Å². The molecule has 38 heavy (non-hydrogen) atoms. The quantitative estimate of drug-likeness (QED) is 0.393. The van der Waals surface area contributed by atoms with Crippen molar-refractivity contribution in [3.05, 3.63) is 82.5 Å². The first-order valence-electron chi connectivity index (χ1n) is 13.2. The number of para-hydroxylation sites is 1. The lowest BCUT2D eigenvalue weighted by Gasteiger charge is -2.38. The molecule has 2 unspecified atom stereocenters. The number of hydrogen-bond acceptors (Lipinski definition) is 6. The standard InChI is InChI=1S/C30H36N4O3S/c1-6-20(4)31-26(35)18-23-19-38-30-32-21(5)27(29(36)33(7-2)8-3)28(34(23)30)22-13-12-16-25(17-22)37-24-14-10-9-11-15-24/h9-17,19-20,28H,6-8,18H2,1-5H3,(H,31,35). The zero-order chi connectivity index (χ0) is 27.2. The second-order valence-corrected chi connectivity index (χ2v) is 10.2. The molecule has 7 nitrogen and oxygen atoms in total. The summed E-state index contributed by atoms with van der Waals surface area (Å²) in [6.07, 6.45) is 1.07. The summed E-state index contributed by atoms with van der Waals surface area (Å²) < 4.78 is 6.14. The van der Waals surface area contributed by atoms with Crippen LogP contribution in [0.1, 0.15) is 59.1 Å². The third-order valence-corrected chi connectivity index (χ3v) is 7.68. The molecule has 2 atom stereocenters. The molecule has 2 amide bonds. The van der Waals surface area contributed by atoms with Gasteiger partial charge < -0.3 is 19.9 Å². The molecule has 2 aliphatic rings. The van der Waals surface area contributed by atoms with Crippen LogP contribution in [0.3, 0.4) is 0 Å². The Bertz CT molecular complexity index is 1270. The van der Waals surface area contributed by atoms with E-state index in [2.05, 4.69) is 5.32 Å². The van der Waals surface area contributed by atoms with E-state index >= 15 is 0 Å². The van der Waals surface area contributed by atoms with Crippen LogP contribution in [0, 0.1) is 0 Å². The minimum Gasteiger partial charge on any atom is -0.457 e. The summed E-state index contributed by atoms with van der Waals surface area (Å²) in [5, 5.41) is 5.80. The number of likely N-dealkylation sites (N-methyl/N-ethyl adjacent to an activating group) is 1. The predicted molar refractivity (Wildman–Crippen MR) is 154 cm³/mol. The molecule has 4 rings (SSSR count). The fourth-order valence-corrected chi connectivity index (χ4v) is 5.57. The monoisotopic (exact) mass is 532 g/mol. The Morgan fingerprint density at radius 3 is 2.47 bits per heavy atom. The molecule has 0 fully saturated rings. The largest absolute Gasteiger partial charge is 0.457 e. The molecule has 0 aliphatic carbocycles. The average Bonchev–Trinajstić information content (AvgIpc) is 3.30. The molecule has 2 aromatic carbocycles. The first-order valence-corrected chi connectivity index (χ1v) is 14.1. The average molecular weight is 533 g/mol. The minimum absolute atomic E-state index is 0.0461. The van der Waals surface area contributed by atoms with Crippen LogP contribution in [0.15, 0.2) is 82.0 Å². The fraction of sp³-hybridized carbons (Fsp3) is 0.367. The number of allylic oxidation sites excluding steroid dienone is 1. The van der Waals surface area contributed by atoms with Crippen molar-refractivity contribution >= 4 is 28.7 Å². The Kier molecular flexibility index (Phi) is 8.94. The van der Waals surface area contributed by atoms with Crippen LogP contribution in [0.2, 0.25) is 0 Å². The first kappa shape index (κ1) is 27.5. The number of benzene rings is 2. The summed E-state index contributed by atoms with van der Waals surface area (Å²) in [7, 11) is 0. The Morgan fingerprint density at radius 1 is 1.08 bits per heavy atom. The van der Waals surface area contributed by atoms with Crippen molar-refractivity contribution in [1.82, 2.24) is 15.1 Å². The number of carbonyl (C=O) groups excluding carboxylic acids is 2. The number of fused-ring (bicyclic) bond motifs is 1. The van der Waals surface area contributed by atoms with Crippen molar-refractivity contribution in [1.29, 1.82) is 0 Å². The first-order chi connectivity index (χ1) is 18.4. The summed E-state index contributed by atoms with van der Waals surface area (Å²) >= 11 is 1.49. The molecule has 8 heteroatoms. The van der Waals surface area contributed by atoms with Gasteiger partial charge in [-0.3, -0.25) is 9.59 Å². The van der Waals surface area contributed by atoms with Gasteiger partial charge in [-0.25, -0.2) is 4.99 Å². The molecule has 0 spiro atoms. The number of nitrogens with one attached hydrogen (secondary N) is 1. The summed E-state index contributed by atoms with van der Waals surface area (Å²) in [5.41, 5.74) is 3.03. The van der Waals surface area contributed by atoms with Crippen molar-refractivity contribution in [3.8, 4) is 11.5 Å². The van der Waals surface area contributed by atoms with E-state index in [1.165, 1.54) is 11.8 Å². The maximum absolute atomic E-state index is 13.9. The molecular weight excluding hydrogens is 496 g/mol. The Labute approximate surface area is 229 Å². The number of hydrogen-bond donors (Lipinski definition) is 1. The summed E-state index contributed by atoms with van der Waals surface area (Å²) in [6, 6.07) is 17.1. The molecule has 0 bridgehead atoms. The number of aliphatic imine (C=N–C) groups is 1. The highest BCUT2D eigenvalue weighted by molar-refractivity contribution is 8.16. The van der Waals surface area contributed by atoms with E-state index in [0.717, 1.165) is 28.6 Å². The minimum atomic E-state index is -0.437. The van der Waals surface area contributed by atoms with Crippen LogP contribution < -0.4 is 10.1 Å². The molecule has 0 radical (unpaired) electrons. The molecular formula is C30H36N4O3S. The normalized spacial score (nSPS) is 17.4. The number of ether oxygens (including phenoxy) is 1. The zero-order valence-corrected chi connectivity index (χ0v) is 23.5. The lowest BCUT2D eigenvalue weighted by Crippen LogP contribution is -2.42. The van der Waals surface area contributed by atoms with Gasteiger partial charge in [-0.05, 0) is 69.4 Å². The van der Waals surface area contributed by atoms with Crippen molar-refractivity contribution in [2.24, 2.45) is 4.99 Å². The van der Waals surface area contributed by atoms with E-state index < -0.39 is 6.04 Å². The van der Waals surface area contributed by atoms with Gasteiger partial charge in [-0.1, -0.05) is 49.0 Å². The second-order valence-electron chi connectivity index (χ2n) is 9.41. The van der Waals surface area contributed by atoms with Crippen LogP contribution in [-0.4, -0.2) is 45.9 Å². The third kappa shape index (κ3) is 5.96. The lowest BCUT2D eigenvalue weighted by atomic mass is 9.92. The lowest BCUT2D eigenvalue weighted by molar-refractivity contribution is -0.127. The number of amides is 2. The SMILES string of the molecule is CCC(C)NC(=O)CC1=CSC2=NC(C)=C(C(=O)N(CC)CC)C(c3cccc(Oc4ccccc4)c3)N12. The maximum atomic E-state index is 13.9. The van der Waals surface area contributed by atoms with Crippen LogP contribution >= 0.6 is 11.8 Å². The van der Waals surface area contributed by atoms with Crippen molar-refractivity contribution < 1.29 is 14.3 Å². The molecule has 1 N–H and O–H groups in total. The van der Waals surface area contributed by atoms with E-state index in [0.29, 0.717) is 30.1 Å². The Morgan fingerprint density at radius 2 is 1.79 bits per heavy atom. The molecule has 2 aromatic rings. The fourth-order valence-electron chi connectivity index (χ4n) is 4.60. The molecule has 0 saturated heterocycles. The van der Waals surface area contributed by atoms with Crippen molar-refractivity contribution in [2.45, 2.75) is 59.5 Å². The Hall–Kier alpha value is -3.52. The van der Waals surface area contributed by atoms with Crippen LogP contribution in [-0.2, 0) is 9.59 Å². The molecule has 200 valence electrons. The topological polar surface area (TPSA) is 74.2 Å². The van der Waals surface area contributed by atoms with Gasteiger partial charge in [0.05, 0.1) is 23.7 Å². The van der Waals surface area contributed by atoms with Gasteiger partial charge in [-0.15, -0.1) is 0 Å². The van der Waals surface area contributed by atoms with E-state index in [1.807, 2.05) is 104 Å². The van der Waals surface area contributed by atoms with Crippen LogP contribution in [0.25, 0.3) is 0 Å². The maximum Gasteiger partial charge on any atom is 0.254 e. The van der Waals surface area contributed by atoms with Gasteiger partial charge in [0.2, 0.25) is 5.91 Å². The number of thioether (sulfide) groups is 1. The second kappa shape index (κ2) is 12.3. The summed E-state index contributed by atoms with van der Waals surface area (Å²) in [4.78, 5) is 35.4. The zero-order valence-electron chi connectivity index (χ0n) is 22.7. The number of amidine groups is 1. The highest BCUT2D eigenvalue weighted by Crippen LogP contribution is 2.45. The van der Waals surface area contributed by atoms with Gasteiger partial charge in [0.15, 0.2) is 5.17 Å². The van der Waals surface area contributed by atoms with Crippen LogP contribution in [0.5, 0.6) is 11.5 Å². The van der Waals surface area contributed by atoms with Gasteiger partial charge in [0.25, 0.3) is 5.91 Å². The molecule has 2 heterocycles. The van der Waals surface area contributed by atoms with E-state index in [-0.39, 0.29) is 24.3 Å². The smallest absolute Gasteiger partial charge is 0.254 e. The Balaban J connectivity index is 1.75. The molecule has 0 saturated carbocycles. The van der Waals surface area contributed by atoms with Gasteiger partial charge in [0, 0.05) is 24.8 Å². The van der Waals surface area contributed by atoms with Crippen molar-refractivity contribution in [3.63, 3.8) is 0 Å². The number of carbonyl (C=O) groups is 2. The summed E-state index contributed by atoms with van der Waals surface area (Å²) in [6.45, 7) is 11.1. The van der Waals surface area contributed by atoms with Crippen molar-refractivity contribution in [2.75, 3.05) is 13.1 Å². The highest BCUT2D eigenvalue weighted by atomic mass is 32.2. The highest BCUT2D eigenvalue weighted by Gasteiger charge is 2.41.